The van der Waals surface area contributed by atoms with Gasteiger partial charge >= 0.3 is 0 Å². The Morgan fingerprint density at radius 1 is 1.40 bits per heavy atom. The number of rotatable bonds is 4. The van der Waals surface area contributed by atoms with Crippen molar-refractivity contribution in [2.45, 2.75) is 38.8 Å². The Bertz CT molecular complexity index is 198. The Labute approximate surface area is 93.2 Å². The monoisotopic (exact) mass is 212 g/mol. The minimum atomic E-state index is 0.447. The van der Waals surface area contributed by atoms with E-state index in [0.29, 0.717) is 12.1 Å². The fourth-order valence-corrected chi connectivity index (χ4v) is 2.88. The molecule has 15 heavy (non-hydrogen) atoms. The largest absolute Gasteiger partial charge is 0.377 e. The molecule has 0 amide bonds. The second-order valence-corrected chi connectivity index (χ2v) is 4.89. The van der Waals surface area contributed by atoms with Crippen molar-refractivity contribution in [3.63, 3.8) is 0 Å². The maximum Gasteiger partial charge on any atom is 0.0703 e. The van der Waals surface area contributed by atoms with Crippen LogP contribution in [0, 0.1) is 5.92 Å². The van der Waals surface area contributed by atoms with E-state index in [-0.39, 0.29) is 0 Å². The molecule has 0 aromatic rings. The Morgan fingerprint density at radius 3 is 2.93 bits per heavy atom. The van der Waals surface area contributed by atoms with Gasteiger partial charge < -0.3 is 10.1 Å². The Morgan fingerprint density at radius 2 is 2.27 bits per heavy atom. The first-order chi connectivity index (χ1) is 7.31. The smallest absolute Gasteiger partial charge is 0.0703 e. The van der Waals surface area contributed by atoms with Crippen LogP contribution in [0.5, 0.6) is 0 Å². The van der Waals surface area contributed by atoms with E-state index in [9.17, 15) is 0 Å². The molecule has 88 valence electrons. The maximum atomic E-state index is 5.64. The number of nitrogens with one attached hydrogen (secondary N) is 1. The lowest BCUT2D eigenvalue weighted by Gasteiger charge is -2.26. The summed E-state index contributed by atoms with van der Waals surface area (Å²) < 4.78 is 5.64. The molecule has 0 radical (unpaired) electrons. The molecule has 3 nitrogen and oxygen atoms in total. The quantitative estimate of drug-likeness (QED) is 0.755. The minimum Gasteiger partial charge on any atom is -0.377 e. The summed E-state index contributed by atoms with van der Waals surface area (Å²) in [6, 6.07) is 0.691. The standard InChI is InChI=1S/C12H24N2O/c1-3-13-8-11-4-6-14(9-11)12-5-7-15-10(12)2/h10-13H,3-9H2,1-2H3. The van der Waals surface area contributed by atoms with Crippen molar-refractivity contribution < 1.29 is 4.74 Å². The van der Waals surface area contributed by atoms with Crippen molar-refractivity contribution in [2.24, 2.45) is 5.92 Å². The summed E-state index contributed by atoms with van der Waals surface area (Å²) in [6.07, 6.45) is 3.04. The van der Waals surface area contributed by atoms with Crippen molar-refractivity contribution in [1.29, 1.82) is 0 Å². The van der Waals surface area contributed by atoms with E-state index in [0.717, 1.165) is 19.1 Å². The van der Waals surface area contributed by atoms with Crippen molar-refractivity contribution in [2.75, 3.05) is 32.8 Å². The first-order valence-corrected chi connectivity index (χ1v) is 6.37. The summed E-state index contributed by atoms with van der Waals surface area (Å²) in [5.74, 6) is 0.859. The number of hydrogen-bond donors (Lipinski definition) is 1. The first kappa shape index (κ1) is 11.4. The third kappa shape index (κ3) is 2.71. The molecule has 2 rings (SSSR count). The summed E-state index contributed by atoms with van der Waals surface area (Å²) in [6.45, 7) is 10.2. The molecule has 2 saturated heterocycles. The van der Waals surface area contributed by atoms with E-state index in [1.165, 1.54) is 32.5 Å². The molecular weight excluding hydrogens is 188 g/mol. The third-order valence-electron chi connectivity index (χ3n) is 3.81. The summed E-state index contributed by atoms with van der Waals surface area (Å²) in [4.78, 5) is 2.64. The van der Waals surface area contributed by atoms with Crippen LogP contribution in [-0.4, -0.2) is 49.8 Å². The molecule has 0 aromatic carbocycles. The number of nitrogens with zero attached hydrogens (tertiary/aromatic N) is 1. The van der Waals surface area contributed by atoms with E-state index < -0.39 is 0 Å². The topological polar surface area (TPSA) is 24.5 Å². The average Bonchev–Trinajstić information content (AvgIpc) is 2.83. The molecule has 2 aliphatic rings. The van der Waals surface area contributed by atoms with Gasteiger partial charge in [-0.05, 0) is 45.3 Å². The van der Waals surface area contributed by atoms with Crippen LogP contribution in [0.15, 0.2) is 0 Å². The molecule has 3 unspecified atom stereocenters. The van der Waals surface area contributed by atoms with Gasteiger partial charge in [0.05, 0.1) is 6.10 Å². The molecule has 0 saturated carbocycles. The molecule has 0 bridgehead atoms. The van der Waals surface area contributed by atoms with Gasteiger partial charge in [0.2, 0.25) is 0 Å². The van der Waals surface area contributed by atoms with Crippen LogP contribution in [0.3, 0.4) is 0 Å². The fraction of sp³-hybridized carbons (Fsp3) is 1.00. The zero-order valence-corrected chi connectivity index (χ0v) is 10.0. The van der Waals surface area contributed by atoms with Gasteiger partial charge in [-0.2, -0.15) is 0 Å². The summed E-state index contributed by atoms with van der Waals surface area (Å²) in [5.41, 5.74) is 0. The predicted octanol–water partition coefficient (Wildman–Crippen LogP) is 1.10. The summed E-state index contributed by atoms with van der Waals surface area (Å²) in [5, 5.41) is 3.45. The van der Waals surface area contributed by atoms with E-state index in [4.69, 9.17) is 4.74 Å². The van der Waals surface area contributed by atoms with Gasteiger partial charge in [0.1, 0.15) is 0 Å². The predicted molar refractivity (Wildman–Crippen MR) is 62.0 cm³/mol. The van der Waals surface area contributed by atoms with Crippen LogP contribution < -0.4 is 5.32 Å². The van der Waals surface area contributed by atoms with E-state index in [2.05, 4.69) is 24.1 Å². The highest BCUT2D eigenvalue weighted by molar-refractivity contribution is 4.87. The second kappa shape index (κ2) is 5.28. The molecule has 0 aromatic heterocycles. The van der Waals surface area contributed by atoms with Crippen molar-refractivity contribution >= 4 is 0 Å². The van der Waals surface area contributed by atoms with E-state index in [1.54, 1.807) is 0 Å². The minimum absolute atomic E-state index is 0.447. The zero-order valence-electron chi connectivity index (χ0n) is 10.0. The zero-order chi connectivity index (χ0) is 10.7. The van der Waals surface area contributed by atoms with Crippen LogP contribution in [0.25, 0.3) is 0 Å². The molecule has 1 N–H and O–H groups in total. The highest BCUT2D eigenvalue weighted by Gasteiger charge is 2.34. The van der Waals surface area contributed by atoms with Gasteiger partial charge in [-0.25, -0.2) is 0 Å². The molecule has 0 spiro atoms. The van der Waals surface area contributed by atoms with Crippen molar-refractivity contribution in [1.82, 2.24) is 10.2 Å². The normalized spacial score (nSPS) is 37.6. The lowest BCUT2D eigenvalue weighted by Crippen LogP contribution is -2.38. The van der Waals surface area contributed by atoms with Gasteiger partial charge in [-0.15, -0.1) is 0 Å². The number of hydrogen-bond acceptors (Lipinski definition) is 3. The van der Waals surface area contributed by atoms with Crippen LogP contribution in [0.4, 0.5) is 0 Å². The molecule has 2 heterocycles. The van der Waals surface area contributed by atoms with Crippen LogP contribution >= 0.6 is 0 Å². The Hall–Kier alpha value is -0.120. The van der Waals surface area contributed by atoms with E-state index in [1.807, 2.05) is 0 Å². The lowest BCUT2D eigenvalue weighted by atomic mass is 10.1. The second-order valence-electron chi connectivity index (χ2n) is 4.89. The molecule has 0 aliphatic carbocycles. The van der Waals surface area contributed by atoms with E-state index >= 15 is 0 Å². The van der Waals surface area contributed by atoms with Crippen LogP contribution in [-0.2, 0) is 4.74 Å². The highest BCUT2D eigenvalue weighted by Crippen LogP contribution is 2.25. The SMILES string of the molecule is CCNCC1CCN(C2CCOC2C)C1. The van der Waals surface area contributed by atoms with Gasteiger partial charge in [0.15, 0.2) is 0 Å². The molecule has 2 aliphatic heterocycles. The van der Waals surface area contributed by atoms with Crippen LogP contribution in [0.2, 0.25) is 0 Å². The molecule has 3 heteroatoms. The molecule has 2 fully saturated rings. The third-order valence-corrected chi connectivity index (χ3v) is 3.81. The van der Waals surface area contributed by atoms with Crippen molar-refractivity contribution in [3.8, 4) is 0 Å². The van der Waals surface area contributed by atoms with Gasteiger partial charge in [-0.1, -0.05) is 6.92 Å². The lowest BCUT2D eigenvalue weighted by molar-refractivity contribution is 0.0818. The van der Waals surface area contributed by atoms with Crippen molar-refractivity contribution in [3.05, 3.63) is 0 Å². The number of likely N-dealkylation sites (tertiary alicyclic amines) is 1. The first-order valence-electron chi connectivity index (χ1n) is 6.37. The number of ether oxygens (including phenoxy) is 1. The molecule has 3 atom stereocenters. The summed E-state index contributed by atoms with van der Waals surface area (Å²) in [7, 11) is 0. The van der Waals surface area contributed by atoms with Crippen LogP contribution in [0.1, 0.15) is 26.7 Å². The van der Waals surface area contributed by atoms with Gasteiger partial charge in [0, 0.05) is 19.2 Å². The van der Waals surface area contributed by atoms with Gasteiger partial charge in [0.25, 0.3) is 0 Å². The highest BCUT2D eigenvalue weighted by atomic mass is 16.5. The maximum absolute atomic E-state index is 5.64. The Balaban J connectivity index is 1.76. The van der Waals surface area contributed by atoms with Gasteiger partial charge in [-0.3, -0.25) is 4.90 Å². The fourth-order valence-electron chi connectivity index (χ4n) is 2.88. The summed E-state index contributed by atoms with van der Waals surface area (Å²) >= 11 is 0. The average molecular weight is 212 g/mol. The Kier molecular flexibility index (Phi) is 4.00. The molecular formula is C12H24N2O.